The highest BCUT2D eigenvalue weighted by Gasteiger charge is 2.52. The highest BCUT2D eigenvalue weighted by molar-refractivity contribution is 6.64. The molecule has 14 heavy (non-hydrogen) atoms. The van der Waals surface area contributed by atoms with Crippen LogP contribution in [0.25, 0.3) is 0 Å². The van der Waals surface area contributed by atoms with Crippen molar-refractivity contribution < 1.29 is 13.3 Å². The van der Waals surface area contributed by atoms with Crippen LogP contribution in [0.1, 0.15) is 41.5 Å². The minimum absolute atomic E-state index is 0.0605. The van der Waals surface area contributed by atoms with Crippen molar-refractivity contribution in [3.63, 3.8) is 0 Å². The summed E-state index contributed by atoms with van der Waals surface area (Å²) in [5, 5.41) is -0.0605. The summed E-state index contributed by atoms with van der Waals surface area (Å²) in [6, 6.07) is 0. The Hall–Kier alpha value is 0.0969. The smallest absolute Gasteiger partial charge is 0.373 e. The zero-order valence-electron chi connectivity index (χ0n) is 10.3. The Balaban J connectivity index is 4.73. The lowest BCUT2D eigenvalue weighted by Gasteiger charge is -2.38. The van der Waals surface area contributed by atoms with Gasteiger partial charge in [-0.1, -0.05) is 20.8 Å². The van der Waals surface area contributed by atoms with Gasteiger partial charge in [-0.15, -0.1) is 0 Å². The second-order valence-electron chi connectivity index (χ2n) is 4.11. The maximum absolute atomic E-state index is 5.77. The molecule has 0 unspecified atom stereocenters. The Labute approximate surface area is 89.1 Å². The largest absolute Gasteiger partial charge is 0.506 e. The SMILES string of the molecule is CCO[Si](OCC)(OCC)C(C)(C)C. The Morgan fingerprint density at radius 3 is 1.21 bits per heavy atom. The van der Waals surface area contributed by atoms with Crippen LogP contribution in [0.15, 0.2) is 0 Å². The predicted molar refractivity (Wildman–Crippen MR) is 60.3 cm³/mol. The zero-order chi connectivity index (χ0) is 11.2. The molecule has 0 saturated heterocycles. The zero-order valence-corrected chi connectivity index (χ0v) is 11.3. The molecule has 0 fully saturated rings. The first-order valence-electron chi connectivity index (χ1n) is 5.35. The average molecular weight is 220 g/mol. The quantitative estimate of drug-likeness (QED) is 0.644. The second-order valence-corrected chi connectivity index (χ2v) is 7.58. The maximum Gasteiger partial charge on any atom is 0.506 e. The first-order chi connectivity index (χ1) is 6.43. The molecule has 0 aromatic rings. The summed E-state index contributed by atoms with van der Waals surface area (Å²) in [6.45, 7) is 14.2. The van der Waals surface area contributed by atoms with Crippen LogP contribution in [-0.4, -0.2) is 28.6 Å². The van der Waals surface area contributed by atoms with E-state index in [4.69, 9.17) is 13.3 Å². The molecule has 0 amide bonds. The van der Waals surface area contributed by atoms with Crippen molar-refractivity contribution in [1.29, 1.82) is 0 Å². The van der Waals surface area contributed by atoms with Crippen LogP contribution < -0.4 is 0 Å². The van der Waals surface area contributed by atoms with E-state index in [9.17, 15) is 0 Å². The predicted octanol–water partition coefficient (Wildman–Crippen LogP) is 2.83. The van der Waals surface area contributed by atoms with Gasteiger partial charge in [-0.3, -0.25) is 0 Å². The average Bonchev–Trinajstić information content (AvgIpc) is 2.03. The first kappa shape index (κ1) is 14.1. The Morgan fingerprint density at radius 1 is 0.786 bits per heavy atom. The topological polar surface area (TPSA) is 27.7 Å². The molecule has 0 heterocycles. The Bertz CT molecular complexity index is 137. The third-order valence-electron chi connectivity index (χ3n) is 1.92. The summed E-state index contributed by atoms with van der Waals surface area (Å²) in [5.41, 5.74) is 0. The molecule has 4 heteroatoms. The van der Waals surface area contributed by atoms with Gasteiger partial charge in [-0.2, -0.15) is 0 Å². The van der Waals surface area contributed by atoms with Crippen LogP contribution in [-0.2, 0) is 13.3 Å². The fourth-order valence-electron chi connectivity index (χ4n) is 1.34. The van der Waals surface area contributed by atoms with Gasteiger partial charge in [-0.25, -0.2) is 0 Å². The molecule has 0 aliphatic rings. The third kappa shape index (κ3) is 3.35. The van der Waals surface area contributed by atoms with E-state index in [0.717, 1.165) is 0 Å². The summed E-state index contributed by atoms with van der Waals surface area (Å²) in [5.74, 6) is 0. The van der Waals surface area contributed by atoms with E-state index in [-0.39, 0.29) is 5.04 Å². The molecule has 0 atom stereocenters. The van der Waals surface area contributed by atoms with Crippen LogP contribution >= 0.6 is 0 Å². The summed E-state index contributed by atoms with van der Waals surface area (Å²) in [6.07, 6.45) is 0. The minimum atomic E-state index is -2.50. The highest BCUT2D eigenvalue weighted by atomic mass is 28.4. The van der Waals surface area contributed by atoms with E-state index < -0.39 is 8.80 Å². The standard InChI is InChI=1S/C10H24O3Si/c1-7-11-14(12-8-2,13-9-3)10(4,5)6/h7-9H2,1-6H3. The second kappa shape index (κ2) is 5.85. The lowest BCUT2D eigenvalue weighted by atomic mass is 10.3. The molecular weight excluding hydrogens is 196 g/mol. The highest BCUT2D eigenvalue weighted by Crippen LogP contribution is 2.38. The van der Waals surface area contributed by atoms with Crippen molar-refractivity contribution in [3.8, 4) is 0 Å². The summed E-state index contributed by atoms with van der Waals surface area (Å²) >= 11 is 0. The first-order valence-corrected chi connectivity index (χ1v) is 7.07. The third-order valence-corrected chi connectivity index (χ3v) is 5.76. The van der Waals surface area contributed by atoms with Gasteiger partial charge < -0.3 is 13.3 Å². The maximum atomic E-state index is 5.77. The van der Waals surface area contributed by atoms with E-state index in [2.05, 4.69) is 20.8 Å². The van der Waals surface area contributed by atoms with Gasteiger partial charge in [0, 0.05) is 24.9 Å². The fraction of sp³-hybridized carbons (Fsp3) is 1.00. The van der Waals surface area contributed by atoms with E-state index in [1.54, 1.807) is 0 Å². The number of hydrogen-bond acceptors (Lipinski definition) is 3. The van der Waals surface area contributed by atoms with Crippen LogP contribution in [0.2, 0.25) is 5.04 Å². The Morgan fingerprint density at radius 2 is 1.07 bits per heavy atom. The van der Waals surface area contributed by atoms with Gasteiger partial charge in [0.2, 0.25) is 0 Å². The van der Waals surface area contributed by atoms with Gasteiger partial charge in [-0.05, 0) is 20.8 Å². The van der Waals surface area contributed by atoms with Gasteiger partial charge in [0.25, 0.3) is 0 Å². The van der Waals surface area contributed by atoms with Gasteiger partial charge >= 0.3 is 8.80 Å². The molecule has 0 aliphatic heterocycles. The van der Waals surface area contributed by atoms with Gasteiger partial charge in [0.05, 0.1) is 0 Å². The van der Waals surface area contributed by atoms with E-state index in [1.807, 2.05) is 20.8 Å². The lowest BCUT2D eigenvalue weighted by Crippen LogP contribution is -2.53. The number of hydrogen-bond donors (Lipinski definition) is 0. The monoisotopic (exact) mass is 220 g/mol. The molecule has 0 aromatic carbocycles. The molecule has 0 aliphatic carbocycles. The lowest BCUT2D eigenvalue weighted by molar-refractivity contribution is 0.0508. The Kier molecular flexibility index (Phi) is 5.89. The minimum Gasteiger partial charge on any atom is -0.373 e. The molecular formula is C10H24O3Si. The fourth-order valence-corrected chi connectivity index (χ4v) is 4.03. The van der Waals surface area contributed by atoms with Crippen LogP contribution in [0.4, 0.5) is 0 Å². The molecule has 0 radical (unpaired) electrons. The van der Waals surface area contributed by atoms with Crippen molar-refractivity contribution in [3.05, 3.63) is 0 Å². The van der Waals surface area contributed by atoms with Gasteiger partial charge in [0.15, 0.2) is 0 Å². The number of rotatable bonds is 6. The summed E-state index contributed by atoms with van der Waals surface area (Å²) in [4.78, 5) is 0. The van der Waals surface area contributed by atoms with Crippen molar-refractivity contribution >= 4 is 8.80 Å². The molecule has 86 valence electrons. The van der Waals surface area contributed by atoms with E-state index >= 15 is 0 Å². The summed E-state index contributed by atoms with van der Waals surface area (Å²) < 4.78 is 17.3. The van der Waals surface area contributed by atoms with Crippen LogP contribution in [0.5, 0.6) is 0 Å². The molecule has 0 spiro atoms. The molecule has 3 nitrogen and oxygen atoms in total. The molecule has 0 bridgehead atoms. The van der Waals surface area contributed by atoms with E-state index in [1.165, 1.54) is 0 Å². The van der Waals surface area contributed by atoms with Crippen molar-refractivity contribution in [2.75, 3.05) is 19.8 Å². The molecule has 0 rings (SSSR count). The molecule has 0 saturated carbocycles. The summed E-state index contributed by atoms with van der Waals surface area (Å²) in [7, 11) is -2.50. The molecule has 0 aromatic heterocycles. The van der Waals surface area contributed by atoms with Gasteiger partial charge in [0.1, 0.15) is 0 Å². The van der Waals surface area contributed by atoms with Crippen molar-refractivity contribution in [1.82, 2.24) is 0 Å². The normalized spacial score (nSPS) is 13.3. The van der Waals surface area contributed by atoms with E-state index in [0.29, 0.717) is 19.8 Å². The van der Waals surface area contributed by atoms with Crippen molar-refractivity contribution in [2.24, 2.45) is 0 Å². The van der Waals surface area contributed by atoms with Crippen LogP contribution in [0.3, 0.4) is 0 Å². The molecule has 0 N–H and O–H groups in total. The van der Waals surface area contributed by atoms with Crippen molar-refractivity contribution in [2.45, 2.75) is 46.6 Å². The van der Waals surface area contributed by atoms with Crippen LogP contribution in [0, 0.1) is 0 Å².